The van der Waals surface area contributed by atoms with Gasteiger partial charge in [-0.05, 0) is 31.9 Å². The number of hydrogen-bond donors (Lipinski definition) is 1. The monoisotopic (exact) mass is 291 g/mol. The average molecular weight is 291 g/mol. The summed E-state index contributed by atoms with van der Waals surface area (Å²) in [6, 6.07) is 6.13. The summed E-state index contributed by atoms with van der Waals surface area (Å²) in [6.07, 6.45) is 3.02. The molecule has 6 heteroatoms. The standard InChI is InChI=1S/C15H21N3O3/c1-11(12-6-5-7-13(10-12)18(20)21)17(2)15(19)14-8-3-4-9-16-14/h5-7,10-11,14,16H,3-4,8-9H2,1-2H3. The molecule has 1 amide bonds. The van der Waals surface area contributed by atoms with Crippen LogP contribution in [-0.2, 0) is 4.79 Å². The number of amides is 1. The quantitative estimate of drug-likeness (QED) is 0.682. The molecule has 114 valence electrons. The first-order valence-corrected chi connectivity index (χ1v) is 7.25. The van der Waals surface area contributed by atoms with E-state index in [1.54, 1.807) is 18.0 Å². The number of carbonyl (C=O) groups excluding carboxylic acids is 1. The van der Waals surface area contributed by atoms with Crippen molar-refractivity contribution in [2.24, 2.45) is 0 Å². The summed E-state index contributed by atoms with van der Waals surface area (Å²) in [7, 11) is 1.75. The molecule has 0 saturated carbocycles. The van der Waals surface area contributed by atoms with Crippen LogP contribution < -0.4 is 5.32 Å². The molecule has 1 aromatic rings. The highest BCUT2D eigenvalue weighted by molar-refractivity contribution is 5.82. The van der Waals surface area contributed by atoms with E-state index < -0.39 is 4.92 Å². The molecule has 1 saturated heterocycles. The Balaban J connectivity index is 2.10. The molecule has 2 rings (SSSR count). The van der Waals surface area contributed by atoms with Crippen molar-refractivity contribution in [2.75, 3.05) is 13.6 Å². The third-order valence-electron chi connectivity index (χ3n) is 4.10. The first-order chi connectivity index (χ1) is 10.0. The van der Waals surface area contributed by atoms with Crippen molar-refractivity contribution in [1.82, 2.24) is 10.2 Å². The second-order valence-corrected chi connectivity index (χ2v) is 5.48. The number of hydrogen-bond acceptors (Lipinski definition) is 4. The molecule has 1 aromatic carbocycles. The van der Waals surface area contributed by atoms with Gasteiger partial charge in [-0.1, -0.05) is 18.6 Å². The van der Waals surface area contributed by atoms with E-state index in [1.165, 1.54) is 12.1 Å². The average Bonchev–Trinajstić information content (AvgIpc) is 2.53. The molecule has 1 fully saturated rings. The van der Waals surface area contributed by atoms with Gasteiger partial charge < -0.3 is 10.2 Å². The van der Waals surface area contributed by atoms with Crippen LogP contribution in [0.2, 0.25) is 0 Å². The Kier molecular flexibility index (Phi) is 4.90. The summed E-state index contributed by atoms with van der Waals surface area (Å²) in [5.41, 5.74) is 0.826. The van der Waals surface area contributed by atoms with Crippen LogP contribution >= 0.6 is 0 Å². The van der Waals surface area contributed by atoms with E-state index in [-0.39, 0.29) is 23.7 Å². The van der Waals surface area contributed by atoms with Gasteiger partial charge in [0.25, 0.3) is 5.69 Å². The van der Waals surface area contributed by atoms with Gasteiger partial charge in [0.2, 0.25) is 5.91 Å². The molecule has 0 aromatic heterocycles. The van der Waals surface area contributed by atoms with Crippen molar-refractivity contribution in [2.45, 2.75) is 38.3 Å². The number of nitrogens with zero attached hydrogens (tertiary/aromatic N) is 2. The van der Waals surface area contributed by atoms with Crippen molar-refractivity contribution in [3.05, 3.63) is 39.9 Å². The zero-order valence-electron chi connectivity index (χ0n) is 12.4. The van der Waals surface area contributed by atoms with Crippen molar-refractivity contribution in [3.63, 3.8) is 0 Å². The number of piperidine rings is 1. The second-order valence-electron chi connectivity index (χ2n) is 5.48. The number of likely N-dealkylation sites (N-methyl/N-ethyl adjacent to an activating group) is 1. The lowest BCUT2D eigenvalue weighted by Gasteiger charge is -2.31. The van der Waals surface area contributed by atoms with Gasteiger partial charge in [-0.25, -0.2) is 0 Å². The summed E-state index contributed by atoms with van der Waals surface area (Å²) in [5, 5.41) is 14.1. The van der Waals surface area contributed by atoms with E-state index in [0.29, 0.717) is 0 Å². The number of carbonyl (C=O) groups is 1. The summed E-state index contributed by atoms with van der Waals surface area (Å²) >= 11 is 0. The highest BCUT2D eigenvalue weighted by Crippen LogP contribution is 2.24. The largest absolute Gasteiger partial charge is 0.338 e. The number of rotatable bonds is 4. The van der Waals surface area contributed by atoms with E-state index in [0.717, 1.165) is 31.4 Å². The minimum absolute atomic E-state index is 0.0497. The number of nitro benzene ring substituents is 1. The lowest BCUT2D eigenvalue weighted by atomic mass is 10.0. The van der Waals surface area contributed by atoms with Crippen molar-refractivity contribution in [1.29, 1.82) is 0 Å². The molecule has 6 nitrogen and oxygen atoms in total. The Morgan fingerprint density at radius 2 is 2.24 bits per heavy atom. The van der Waals surface area contributed by atoms with Gasteiger partial charge in [0.15, 0.2) is 0 Å². The predicted molar refractivity (Wildman–Crippen MR) is 79.9 cm³/mol. The summed E-state index contributed by atoms with van der Waals surface area (Å²) < 4.78 is 0. The molecule has 1 aliphatic heterocycles. The fourth-order valence-electron chi connectivity index (χ4n) is 2.62. The van der Waals surface area contributed by atoms with Gasteiger partial charge in [0.05, 0.1) is 17.0 Å². The van der Waals surface area contributed by atoms with Gasteiger partial charge in [0, 0.05) is 19.2 Å². The van der Waals surface area contributed by atoms with Crippen LogP contribution in [0.15, 0.2) is 24.3 Å². The summed E-state index contributed by atoms with van der Waals surface area (Å²) in [6.45, 7) is 2.76. The van der Waals surface area contributed by atoms with Crippen molar-refractivity contribution >= 4 is 11.6 Å². The maximum absolute atomic E-state index is 12.5. The van der Waals surface area contributed by atoms with Crippen molar-refractivity contribution < 1.29 is 9.72 Å². The lowest BCUT2D eigenvalue weighted by Crippen LogP contribution is -2.47. The van der Waals surface area contributed by atoms with Crippen LogP contribution in [-0.4, -0.2) is 35.4 Å². The number of nitro groups is 1. The minimum Gasteiger partial charge on any atom is -0.338 e. The number of benzene rings is 1. The Hall–Kier alpha value is -1.95. The molecule has 0 aliphatic carbocycles. The smallest absolute Gasteiger partial charge is 0.269 e. The van der Waals surface area contributed by atoms with E-state index in [2.05, 4.69) is 5.32 Å². The molecule has 1 N–H and O–H groups in total. The Morgan fingerprint density at radius 3 is 2.86 bits per heavy atom. The number of nitrogens with one attached hydrogen (secondary N) is 1. The summed E-state index contributed by atoms with van der Waals surface area (Å²) in [5.74, 6) is 0.0497. The van der Waals surface area contributed by atoms with Gasteiger partial charge in [-0.2, -0.15) is 0 Å². The van der Waals surface area contributed by atoms with Crippen LogP contribution in [0.1, 0.15) is 37.8 Å². The predicted octanol–water partition coefficient (Wildman–Crippen LogP) is 2.26. The molecular formula is C15H21N3O3. The second kappa shape index (κ2) is 6.67. The van der Waals surface area contributed by atoms with Crippen LogP contribution in [0.5, 0.6) is 0 Å². The molecule has 2 unspecified atom stereocenters. The van der Waals surface area contributed by atoms with E-state index in [1.807, 2.05) is 13.0 Å². The van der Waals surface area contributed by atoms with E-state index in [9.17, 15) is 14.9 Å². The Morgan fingerprint density at radius 1 is 1.48 bits per heavy atom. The highest BCUT2D eigenvalue weighted by atomic mass is 16.6. The first kappa shape index (κ1) is 15.4. The Labute approximate surface area is 124 Å². The highest BCUT2D eigenvalue weighted by Gasteiger charge is 2.27. The molecule has 0 radical (unpaired) electrons. The molecule has 1 aliphatic rings. The van der Waals surface area contributed by atoms with Gasteiger partial charge in [-0.3, -0.25) is 14.9 Å². The zero-order valence-corrected chi connectivity index (χ0v) is 12.4. The maximum Gasteiger partial charge on any atom is 0.269 e. The fraction of sp³-hybridized carbons (Fsp3) is 0.533. The maximum atomic E-state index is 12.5. The number of non-ortho nitro benzene ring substituents is 1. The fourth-order valence-corrected chi connectivity index (χ4v) is 2.62. The van der Waals surface area contributed by atoms with Gasteiger partial charge in [-0.15, -0.1) is 0 Å². The van der Waals surface area contributed by atoms with Gasteiger partial charge >= 0.3 is 0 Å². The summed E-state index contributed by atoms with van der Waals surface area (Å²) in [4.78, 5) is 24.6. The lowest BCUT2D eigenvalue weighted by molar-refractivity contribution is -0.384. The molecule has 1 heterocycles. The Bertz CT molecular complexity index is 527. The van der Waals surface area contributed by atoms with Gasteiger partial charge in [0.1, 0.15) is 0 Å². The topological polar surface area (TPSA) is 75.5 Å². The van der Waals surface area contributed by atoms with Crippen LogP contribution in [0.3, 0.4) is 0 Å². The van der Waals surface area contributed by atoms with E-state index in [4.69, 9.17) is 0 Å². The molecule has 2 atom stereocenters. The molecule has 0 bridgehead atoms. The van der Waals surface area contributed by atoms with Crippen LogP contribution in [0, 0.1) is 10.1 Å². The van der Waals surface area contributed by atoms with E-state index >= 15 is 0 Å². The third kappa shape index (κ3) is 3.58. The minimum atomic E-state index is -0.416. The van der Waals surface area contributed by atoms with Crippen molar-refractivity contribution in [3.8, 4) is 0 Å². The normalized spacial score (nSPS) is 19.8. The molecule has 0 spiro atoms. The SMILES string of the molecule is CC(c1cccc([N+](=O)[O-])c1)N(C)C(=O)C1CCCCN1. The van der Waals surface area contributed by atoms with Crippen LogP contribution in [0.25, 0.3) is 0 Å². The molecular weight excluding hydrogens is 270 g/mol. The third-order valence-corrected chi connectivity index (χ3v) is 4.10. The zero-order chi connectivity index (χ0) is 15.4. The van der Waals surface area contributed by atoms with Crippen LogP contribution in [0.4, 0.5) is 5.69 Å². The first-order valence-electron chi connectivity index (χ1n) is 7.25. The molecule has 21 heavy (non-hydrogen) atoms.